The predicted molar refractivity (Wildman–Crippen MR) is 191 cm³/mol. The Labute approximate surface area is 299 Å². The lowest BCUT2D eigenvalue weighted by atomic mass is 9.89. The van der Waals surface area contributed by atoms with Gasteiger partial charge in [0, 0.05) is 33.6 Å². The molecule has 0 unspecified atom stereocenters. The molecule has 5 aromatic rings. The summed E-state index contributed by atoms with van der Waals surface area (Å²) in [6, 6.07) is 19.6. The fraction of sp³-hybridized carbons (Fsp3) is 0.211. The van der Waals surface area contributed by atoms with E-state index >= 15 is 0 Å². The molecule has 50 heavy (non-hydrogen) atoms. The van der Waals surface area contributed by atoms with Gasteiger partial charge in [-0.05, 0) is 110 Å². The van der Waals surface area contributed by atoms with E-state index in [0.29, 0.717) is 41.4 Å². The number of rotatable bonds is 4. The normalized spacial score (nSPS) is 11.6. The number of hydrogen-bond donors (Lipinski definition) is 1. The Morgan fingerprint density at radius 2 is 1.50 bits per heavy atom. The maximum absolute atomic E-state index is 12.4. The van der Waals surface area contributed by atoms with Gasteiger partial charge in [-0.3, -0.25) is 10.1 Å². The second kappa shape index (κ2) is 17.2. The van der Waals surface area contributed by atoms with Crippen molar-refractivity contribution in [2.75, 3.05) is 13.2 Å². The van der Waals surface area contributed by atoms with Crippen LogP contribution in [0.15, 0.2) is 73.1 Å². The Bertz CT molecular complexity index is 2150. The molecule has 2 aliphatic rings. The van der Waals surface area contributed by atoms with Crippen LogP contribution in [0.5, 0.6) is 0 Å². The Morgan fingerprint density at radius 3 is 2.26 bits per heavy atom. The Morgan fingerprint density at radius 1 is 0.840 bits per heavy atom. The molecule has 1 N–H and O–H groups in total. The Hall–Kier alpha value is -5.59. The molecule has 252 valence electrons. The molecular formula is C38H32Cl2N6O4. The number of nitrogens with zero attached hydrogens (tertiary/aromatic N) is 5. The molecule has 0 amide bonds. The summed E-state index contributed by atoms with van der Waals surface area (Å²) < 4.78 is 9.52. The zero-order chi connectivity index (χ0) is 35.5. The summed E-state index contributed by atoms with van der Waals surface area (Å²) in [6.45, 7) is 4.04. The monoisotopic (exact) mass is 706 g/mol. The van der Waals surface area contributed by atoms with Crippen molar-refractivity contribution in [1.82, 2.24) is 20.2 Å². The van der Waals surface area contributed by atoms with Gasteiger partial charge >= 0.3 is 18.2 Å². The van der Waals surface area contributed by atoms with Crippen molar-refractivity contribution < 1.29 is 23.9 Å². The van der Waals surface area contributed by atoms with Gasteiger partial charge in [0.05, 0.1) is 24.5 Å². The van der Waals surface area contributed by atoms with E-state index in [9.17, 15) is 9.59 Å². The number of aromatic nitrogens is 4. The zero-order valence-corrected chi connectivity index (χ0v) is 28.9. The van der Waals surface area contributed by atoms with E-state index in [-0.39, 0.29) is 0 Å². The first-order valence-corrected chi connectivity index (χ1v) is 16.7. The molecule has 3 aromatic heterocycles. The zero-order valence-electron chi connectivity index (χ0n) is 27.4. The van der Waals surface area contributed by atoms with Crippen molar-refractivity contribution in [3.05, 3.63) is 128 Å². The van der Waals surface area contributed by atoms with Gasteiger partial charge in [0.25, 0.3) is 0 Å². The molecule has 10 nitrogen and oxygen atoms in total. The summed E-state index contributed by atoms with van der Waals surface area (Å²) in [5, 5.41) is 8.74. The van der Waals surface area contributed by atoms with Crippen LogP contribution < -0.4 is 0 Å². The van der Waals surface area contributed by atoms with Crippen LogP contribution in [-0.2, 0) is 40.0 Å². The van der Waals surface area contributed by atoms with Crippen molar-refractivity contribution in [1.29, 1.82) is 0 Å². The van der Waals surface area contributed by atoms with Crippen LogP contribution in [0.4, 0.5) is 0 Å². The maximum atomic E-state index is 12.4. The number of pyridine rings is 2. The number of halogens is 2. The fourth-order valence-electron chi connectivity index (χ4n) is 5.52. The number of hydrogen-bond acceptors (Lipinski definition) is 7. The molecule has 0 atom stereocenters. The number of aryl methyl sites for hydroxylation is 4. The summed E-state index contributed by atoms with van der Waals surface area (Å²) in [4.78, 5) is 33.8. The second-order valence-corrected chi connectivity index (χ2v) is 11.8. The number of carbonyl (C=O) groups is 2. The third-order valence-electron chi connectivity index (χ3n) is 7.75. The summed E-state index contributed by atoms with van der Waals surface area (Å²) >= 11 is 12.2. The van der Waals surface area contributed by atoms with Crippen LogP contribution in [0.2, 0.25) is 10.0 Å². The molecular weight excluding hydrogens is 675 g/mol. The molecule has 0 bridgehead atoms. The van der Waals surface area contributed by atoms with E-state index in [1.165, 1.54) is 11.1 Å². The van der Waals surface area contributed by atoms with Crippen LogP contribution in [0.25, 0.3) is 28.0 Å². The predicted octanol–water partition coefficient (Wildman–Crippen LogP) is 7.15. The van der Waals surface area contributed by atoms with Gasteiger partial charge in [-0.1, -0.05) is 47.3 Å². The van der Waals surface area contributed by atoms with Gasteiger partial charge in [0.15, 0.2) is 5.69 Å². The van der Waals surface area contributed by atoms with Crippen molar-refractivity contribution in [2.45, 2.75) is 39.5 Å². The first-order chi connectivity index (χ1) is 24.3. The van der Waals surface area contributed by atoms with Gasteiger partial charge in [0.2, 0.25) is 0 Å². The highest BCUT2D eigenvalue weighted by molar-refractivity contribution is 6.31. The minimum atomic E-state index is -0.630. The van der Waals surface area contributed by atoms with Gasteiger partial charge in [-0.25, -0.2) is 14.6 Å². The van der Waals surface area contributed by atoms with Crippen LogP contribution in [0.3, 0.4) is 0 Å². The SMILES string of the molecule is CCOC(=O)C=[N+]=[N-].CCOC(=O)c1[nH]nc2c1-c1ncccc1CCc1cc(Cl)ccc1-2.Clc1ccc2c(c1)CCc1cccnc1C#C2. The fourth-order valence-corrected chi connectivity index (χ4v) is 5.91. The van der Waals surface area contributed by atoms with Crippen molar-refractivity contribution in [3.63, 3.8) is 0 Å². The van der Waals surface area contributed by atoms with E-state index in [2.05, 4.69) is 47.6 Å². The smallest absolute Gasteiger partial charge is 0.413 e. The Balaban J connectivity index is 0.000000168. The van der Waals surface area contributed by atoms with Crippen molar-refractivity contribution >= 4 is 41.4 Å². The quantitative estimate of drug-likeness (QED) is 0.0687. The molecule has 12 heteroatoms. The molecule has 0 spiro atoms. The number of ether oxygens (including phenoxy) is 2. The Kier molecular flexibility index (Phi) is 12.3. The largest absolute Gasteiger partial charge is 0.461 e. The second-order valence-electron chi connectivity index (χ2n) is 10.9. The lowest BCUT2D eigenvalue weighted by molar-refractivity contribution is -0.138. The van der Waals surface area contributed by atoms with Crippen LogP contribution in [0, 0.1) is 11.8 Å². The summed E-state index contributed by atoms with van der Waals surface area (Å²) in [7, 11) is 0. The first-order valence-electron chi connectivity index (χ1n) is 15.9. The van der Waals surface area contributed by atoms with Gasteiger partial charge in [0.1, 0.15) is 11.4 Å². The summed E-state index contributed by atoms with van der Waals surface area (Å²) in [5.41, 5.74) is 17.8. The van der Waals surface area contributed by atoms with Crippen LogP contribution in [-0.4, -0.2) is 56.3 Å². The highest BCUT2D eigenvalue weighted by Crippen LogP contribution is 2.39. The topological polar surface area (TPSA) is 143 Å². The van der Waals surface area contributed by atoms with Gasteiger partial charge < -0.3 is 15.0 Å². The molecule has 0 aliphatic heterocycles. The standard InChI is InChI=1S/C19H16ClN3O2.C15H10ClN.C4H6N2O2/c1-2-25-19(24)18-15-16-11(4-3-9-21-16)5-6-12-10-13(20)7-8-14(12)17(15)22-23-18;16-14-7-5-11-6-8-15-12(2-1-9-17-15)3-4-13(11)10-14;1-2-8-4(7)3-6-5/h3-4,7-10H,2,5-6H2,1H3,(H,22,23);1-2,5,7,9-10H,3-4H2;3H,2H2,1H3. The number of benzene rings is 2. The molecule has 0 saturated carbocycles. The molecule has 0 radical (unpaired) electrons. The lowest BCUT2D eigenvalue weighted by Gasteiger charge is -2.16. The van der Waals surface area contributed by atoms with E-state index in [4.69, 9.17) is 33.5 Å². The molecule has 2 aliphatic carbocycles. The lowest BCUT2D eigenvalue weighted by Crippen LogP contribution is -2.09. The summed E-state index contributed by atoms with van der Waals surface area (Å²) in [5.74, 6) is 5.26. The highest BCUT2D eigenvalue weighted by atomic mass is 35.5. The average molecular weight is 708 g/mol. The molecule has 0 fully saturated rings. The van der Waals surface area contributed by atoms with Crippen molar-refractivity contribution in [2.24, 2.45) is 0 Å². The van der Waals surface area contributed by atoms with Gasteiger partial charge in [-0.2, -0.15) is 9.89 Å². The minimum absolute atomic E-state index is 0.296. The van der Waals surface area contributed by atoms with Gasteiger partial charge in [-0.15, -0.1) is 0 Å². The maximum Gasteiger partial charge on any atom is 0.413 e. The first kappa shape index (κ1) is 35.7. The number of nitrogens with one attached hydrogen (secondary N) is 1. The molecule has 2 aromatic carbocycles. The van der Waals surface area contributed by atoms with E-state index in [0.717, 1.165) is 64.3 Å². The number of esters is 2. The number of carbonyl (C=O) groups excluding carboxylic acids is 2. The van der Waals surface area contributed by atoms with Crippen molar-refractivity contribution in [3.8, 4) is 34.4 Å². The van der Waals surface area contributed by atoms with Crippen LogP contribution >= 0.6 is 23.2 Å². The third-order valence-corrected chi connectivity index (χ3v) is 8.22. The number of fused-ring (bicyclic) bond motifs is 7. The van der Waals surface area contributed by atoms with E-state index < -0.39 is 11.9 Å². The van der Waals surface area contributed by atoms with E-state index in [1.54, 1.807) is 26.2 Å². The number of aromatic amines is 1. The minimum Gasteiger partial charge on any atom is -0.461 e. The molecule has 7 rings (SSSR count). The molecule has 3 heterocycles. The molecule has 0 saturated heterocycles. The number of H-pyrrole nitrogens is 1. The summed E-state index contributed by atoms with van der Waals surface area (Å²) in [6.07, 6.45) is 7.78. The third kappa shape index (κ3) is 8.70. The average Bonchev–Trinajstić information content (AvgIpc) is 3.54. The highest BCUT2D eigenvalue weighted by Gasteiger charge is 2.28. The van der Waals surface area contributed by atoms with E-state index in [1.807, 2.05) is 54.6 Å². The van der Waals surface area contributed by atoms with Crippen LogP contribution in [0.1, 0.15) is 57.8 Å².